The first-order valence-corrected chi connectivity index (χ1v) is 22.3. The van der Waals surface area contributed by atoms with E-state index >= 15 is 0 Å². The van der Waals surface area contributed by atoms with Gasteiger partial charge in [-0.15, -0.1) is 12.4 Å². The fourth-order valence-corrected chi connectivity index (χ4v) is 7.59. The highest BCUT2D eigenvalue weighted by atomic mass is 35.5. The minimum absolute atomic E-state index is 0. The van der Waals surface area contributed by atoms with Gasteiger partial charge in [-0.3, -0.25) is 14.4 Å². The summed E-state index contributed by atoms with van der Waals surface area (Å²) >= 11 is 42.5. The molecule has 0 aliphatic rings. The number of halogens is 8. The molecular weight excluding hydrogens is 1030 g/mol. The number of aromatic nitrogens is 4. The highest BCUT2D eigenvalue weighted by Crippen LogP contribution is 2.35. The van der Waals surface area contributed by atoms with E-state index < -0.39 is 29.2 Å². The van der Waals surface area contributed by atoms with Gasteiger partial charge in [-0.1, -0.05) is 129 Å². The van der Waals surface area contributed by atoms with E-state index in [-0.39, 0.29) is 49.0 Å². The van der Waals surface area contributed by atoms with E-state index in [1.54, 1.807) is 83.9 Å². The monoisotopic (exact) mass is 1070 g/mol. The van der Waals surface area contributed by atoms with Crippen LogP contribution in [0, 0.1) is 25.7 Å². The fourth-order valence-electron chi connectivity index (χ4n) is 6.18. The molecule has 4 aromatic carbocycles. The molecule has 0 saturated heterocycles. The largest absolute Gasteiger partial charge is 0.468 e. The number of hydrogen-bond donors (Lipinski definition) is 2. The lowest BCUT2D eigenvalue weighted by Crippen LogP contribution is -2.45. The lowest BCUT2D eigenvalue weighted by Gasteiger charge is -2.19. The third-order valence-electron chi connectivity index (χ3n) is 9.76. The van der Waals surface area contributed by atoms with Gasteiger partial charge in [-0.25, -0.2) is 14.2 Å². The predicted octanol–water partition coefficient (Wildman–Crippen LogP) is 13.1. The molecule has 0 unspecified atom stereocenters. The molecule has 0 spiro atoms. The summed E-state index contributed by atoms with van der Waals surface area (Å²) in [5.74, 6) is -1.38. The van der Waals surface area contributed by atoms with Gasteiger partial charge in [0.25, 0.3) is 11.1 Å². The van der Waals surface area contributed by atoms with Crippen LogP contribution < -0.4 is 11.1 Å². The van der Waals surface area contributed by atoms with Gasteiger partial charge in [0.05, 0.1) is 47.0 Å². The van der Waals surface area contributed by atoms with Gasteiger partial charge in [0, 0.05) is 42.3 Å². The van der Waals surface area contributed by atoms with Crippen molar-refractivity contribution in [2.24, 2.45) is 17.6 Å². The van der Waals surface area contributed by atoms with Crippen molar-refractivity contribution >= 4 is 117 Å². The summed E-state index contributed by atoms with van der Waals surface area (Å²) in [4.78, 5) is 47.6. The zero-order valence-electron chi connectivity index (χ0n) is 36.8. The molecule has 360 valence electrons. The van der Waals surface area contributed by atoms with Crippen molar-refractivity contribution < 1.29 is 28.7 Å². The number of ether oxygens (including phenoxy) is 2. The number of nitrogens with zero attached hydrogens (tertiary/aromatic N) is 4. The molecule has 2 heterocycles. The van der Waals surface area contributed by atoms with Crippen LogP contribution in [-0.2, 0) is 19.1 Å². The van der Waals surface area contributed by atoms with E-state index in [2.05, 4.69) is 20.3 Å². The first kappa shape index (κ1) is 58.8. The first-order chi connectivity index (χ1) is 30.6. The Hall–Kier alpha value is -4.34. The number of nitrogens with two attached hydrogens (primary N) is 1. The molecule has 0 bridgehead atoms. The molecule has 2 aromatic heterocycles. The molecule has 67 heavy (non-hydrogen) atoms. The third kappa shape index (κ3) is 14.8. The molecule has 3 N–H and O–H groups in total. The molecule has 20 heteroatoms. The molecule has 0 aliphatic carbocycles. The van der Waals surface area contributed by atoms with Crippen LogP contribution in [0.2, 0.25) is 30.1 Å². The zero-order chi connectivity index (χ0) is 48.4. The SMILES string of the molecule is C.COC(=O)[C@@H](N)C(C)C.COC(=O)[C@@H](NC(=O)c1nn(-c2ccc(Cl)cc2Cl)c(-c2ccc(Cl)cc2)c1C)C(C)C.Cc1c(C(=O)Cl)nn(-c2ccc(Cl)cc2Cl)c1-c1ccc(Cl)cc1.Cl. The molecule has 6 aromatic rings. The van der Waals surface area contributed by atoms with Crippen LogP contribution in [0.5, 0.6) is 0 Å². The lowest BCUT2D eigenvalue weighted by atomic mass is 10.0. The van der Waals surface area contributed by atoms with Crippen molar-refractivity contribution in [2.75, 3.05) is 14.2 Å². The van der Waals surface area contributed by atoms with Crippen LogP contribution in [0.3, 0.4) is 0 Å². The number of methoxy groups -OCH3 is 2. The predicted molar refractivity (Wildman–Crippen MR) is 275 cm³/mol. The second-order valence-electron chi connectivity index (χ2n) is 15.0. The van der Waals surface area contributed by atoms with Gasteiger partial charge < -0.3 is 20.5 Å². The Morgan fingerprint density at radius 1 is 0.597 bits per heavy atom. The first-order valence-electron chi connectivity index (χ1n) is 19.6. The van der Waals surface area contributed by atoms with Gasteiger partial charge in [-0.05, 0) is 97.9 Å². The van der Waals surface area contributed by atoms with Crippen molar-refractivity contribution in [2.45, 2.75) is 61.1 Å². The summed E-state index contributed by atoms with van der Waals surface area (Å²) in [5.41, 5.74) is 11.1. The maximum atomic E-state index is 13.2. The lowest BCUT2D eigenvalue weighted by molar-refractivity contribution is -0.144. The molecule has 0 radical (unpaired) electrons. The van der Waals surface area contributed by atoms with E-state index in [1.165, 1.54) is 14.2 Å². The summed E-state index contributed by atoms with van der Waals surface area (Å²) in [6.45, 7) is 11.0. The Balaban J connectivity index is 0.000000389. The van der Waals surface area contributed by atoms with Crippen LogP contribution in [0.4, 0.5) is 0 Å². The molecule has 2 atom stereocenters. The molecule has 1 amide bonds. The Kier molecular flexibility index (Phi) is 23.2. The van der Waals surface area contributed by atoms with E-state index in [9.17, 15) is 19.2 Å². The maximum absolute atomic E-state index is 13.2. The second kappa shape index (κ2) is 26.4. The summed E-state index contributed by atoms with van der Waals surface area (Å²) < 4.78 is 12.4. The molecular formula is C47H50Cl8N6O6. The molecule has 0 aliphatic heterocycles. The number of carbonyl (C=O) groups excluding carboxylic acids is 4. The van der Waals surface area contributed by atoms with E-state index in [1.807, 2.05) is 52.0 Å². The standard InChI is InChI=1S/C23H22Cl3N3O3.C17H10Cl4N2O.C6H13NO2.CH4.ClH/c1-12(2)19(23(31)32-4)27-22(30)20-13(3)21(14-5-7-15(24)8-6-14)29(28-20)18-10-9-16(25)11-17(18)26;1-9-15(17(21)24)22-23(14-7-6-12(19)8-13(14)20)16(9)10-2-4-11(18)5-3-10;1-4(2)5(7)6(8)9-3;;/h5-12,19H,1-4H3,(H,27,30);2-8H,1H3;4-5H,7H2,1-3H3;1H4;1H/t19-;;5-;;/m0.0../s1. The number of nitrogens with one attached hydrogen (secondary N) is 1. The molecule has 0 saturated carbocycles. The van der Waals surface area contributed by atoms with Gasteiger partial charge in [0.2, 0.25) is 0 Å². The molecule has 0 fully saturated rings. The maximum Gasteiger partial charge on any atom is 0.328 e. The van der Waals surface area contributed by atoms with Crippen LogP contribution in [-0.4, -0.2) is 69.0 Å². The van der Waals surface area contributed by atoms with E-state index in [0.29, 0.717) is 64.0 Å². The van der Waals surface area contributed by atoms with Crippen LogP contribution in [0.15, 0.2) is 84.9 Å². The minimum Gasteiger partial charge on any atom is -0.468 e. The number of carbonyl (C=O) groups is 4. The average molecular weight is 1080 g/mol. The van der Waals surface area contributed by atoms with Crippen molar-refractivity contribution in [3.63, 3.8) is 0 Å². The third-order valence-corrected chi connectivity index (χ3v) is 11.5. The van der Waals surface area contributed by atoms with Gasteiger partial charge in [0.1, 0.15) is 17.8 Å². The number of esters is 2. The van der Waals surface area contributed by atoms with Gasteiger partial charge in [-0.2, -0.15) is 10.2 Å². The van der Waals surface area contributed by atoms with Gasteiger partial charge >= 0.3 is 11.9 Å². The minimum atomic E-state index is -0.810. The van der Waals surface area contributed by atoms with Crippen molar-refractivity contribution in [3.8, 4) is 33.9 Å². The summed E-state index contributed by atoms with van der Waals surface area (Å²) in [6, 6.07) is 23.2. The molecule has 12 nitrogen and oxygen atoms in total. The number of hydrogen-bond acceptors (Lipinski definition) is 9. The summed E-state index contributed by atoms with van der Waals surface area (Å²) in [7, 11) is 2.62. The van der Waals surface area contributed by atoms with Crippen molar-refractivity contribution in [1.82, 2.24) is 24.9 Å². The average Bonchev–Trinajstić information content (AvgIpc) is 3.79. The van der Waals surface area contributed by atoms with E-state index in [0.717, 1.165) is 11.1 Å². The van der Waals surface area contributed by atoms with Crippen molar-refractivity contribution in [1.29, 1.82) is 0 Å². The molecule has 6 rings (SSSR count). The fraction of sp³-hybridized carbons (Fsp3) is 0.277. The topological polar surface area (TPSA) is 160 Å². The quantitative estimate of drug-likeness (QED) is 0.0950. The Morgan fingerprint density at radius 3 is 1.30 bits per heavy atom. The Morgan fingerprint density at radius 2 is 0.970 bits per heavy atom. The van der Waals surface area contributed by atoms with Gasteiger partial charge in [0.15, 0.2) is 5.69 Å². The number of rotatable bonds is 11. The smallest absolute Gasteiger partial charge is 0.328 e. The normalized spacial score (nSPS) is 11.4. The second-order valence-corrected chi connectivity index (χ2v) is 17.9. The summed E-state index contributed by atoms with van der Waals surface area (Å²) in [6.07, 6.45) is 0. The Labute approximate surface area is 431 Å². The van der Waals surface area contributed by atoms with Crippen LogP contribution in [0.25, 0.3) is 33.9 Å². The highest BCUT2D eigenvalue weighted by molar-refractivity contribution is 6.67. The summed E-state index contributed by atoms with van der Waals surface area (Å²) in [5, 5.41) is 14.0. The van der Waals surface area contributed by atoms with Crippen LogP contribution >= 0.6 is 93.6 Å². The zero-order valence-corrected chi connectivity index (χ0v) is 42.9. The Bertz CT molecular complexity index is 2670. The van der Waals surface area contributed by atoms with Crippen molar-refractivity contribution in [3.05, 3.63) is 138 Å². The van der Waals surface area contributed by atoms with Crippen LogP contribution in [0.1, 0.15) is 67.2 Å². The number of benzene rings is 4. The number of amides is 1. The van der Waals surface area contributed by atoms with E-state index in [4.69, 9.17) is 91.7 Å². The highest BCUT2D eigenvalue weighted by Gasteiger charge is 2.30.